The molecule has 2 aromatic rings. The van der Waals surface area contributed by atoms with Crippen molar-refractivity contribution in [2.24, 2.45) is 0 Å². The molecule has 0 bridgehead atoms. The van der Waals surface area contributed by atoms with Crippen LogP contribution in [0.1, 0.15) is 15.9 Å². The fourth-order valence-corrected chi connectivity index (χ4v) is 2.65. The number of carbonyl (C=O) groups is 1. The van der Waals surface area contributed by atoms with Crippen LogP contribution in [0.3, 0.4) is 0 Å². The molecule has 2 aromatic carbocycles. The van der Waals surface area contributed by atoms with Gasteiger partial charge in [-0.3, -0.25) is 4.79 Å². The van der Waals surface area contributed by atoms with Crippen LogP contribution in [-0.2, 0) is 0 Å². The molecule has 7 heteroatoms. The fraction of sp³-hybridized carbons (Fsp3) is 0. The Labute approximate surface area is 123 Å². The van der Waals surface area contributed by atoms with Gasteiger partial charge in [0.05, 0.1) is 0 Å². The van der Waals surface area contributed by atoms with Gasteiger partial charge < -0.3 is 0 Å². The minimum Gasteiger partial charge on any atom is -0.289 e. The van der Waals surface area contributed by atoms with Crippen molar-refractivity contribution in [2.75, 3.05) is 0 Å². The summed E-state index contributed by atoms with van der Waals surface area (Å²) >= 11 is 11.9. The molecule has 3 rings (SSSR count). The summed E-state index contributed by atoms with van der Waals surface area (Å²) in [6.45, 7) is 0. The maximum atomic E-state index is 12.3. The molecule has 0 amide bonds. The highest BCUT2D eigenvalue weighted by molar-refractivity contribution is 6.36. The van der Waals surface area contributed by atoms with Crippen LogP contribution in [0, 0.1) is 10.8 Å². The van der Waals surface area contributed by atoms with Crippen molar-refractivity contribution in [1.29, 1.82) is 10.8 Å². The lowest BCUT2D eigenvalue weighted by molar-refractivity contribution is 0.104. The first kappa shape index (κ1) is 12.6. The Morgan fingerprint density at radius 2 is 1.15 bits per heavy atom. The van der Waals surface area contributed by atoms with Crippen molar-refractivity contribution in [3.8, 4) is 11.1 Å². The Morgan fingerprint density at radius 3 is 1.50 bits per heavy atom. The lowest BCUT2D eigenvalue weighted by Crippen LogP contribution is -1.94. The molecular weight excluding hydrogens is 299 g/mol. The Balaban J connectivity index is 2.35. The van der Waals surface area contributed by atoms with Crippen LogP contribution in [0.2, 0.25) is 10.0 Å². The summed E-state index contributed by atoms with van der Waals surface area (Å²) in [5, 5.41) is 18.1. The predicted molar refractivity (Wildman–Crippen MR) is 74.8 cm³/mol. The molecule has 20 heavy (non-hydrogen) atoms. The van der Waals surface area contributed by atoms with Crippen molar-refractivity contribution in [2.45, 2.75) is 0 Å². The minimum absolute atomic E-state index is 0.115. The zero-order valence-corrected chi connectivity index (χ0v) is 11.3. The first-order valence-electron chi connectivity index (χ1n) is 5.49. The highest BCUT2D eigenvalue weighted by Gasteiger charge is 2.33. The number of carbonyl (C=O) groups excluding carboxylic acids is 1. The molecule has 0 aliphatic heterocycles. The van der Waals surface area contributed by atoms with Gasteiger partial charge in [0.15, 0.2) is 15.7 Å². The number of fused-ring (bicyclic) bond motifs is 3. The Bertz CT molecular complexity index is 806. The van der Waals surface area contributed by atoms with Gasteiger partial charge in [-0.05, 0) is 23.3 Å². The summed E-state index contributed by atoms with van der Waals surface area (Å²) in [4.78, 5) is 18.4. The third-order valence-corrected chi connectivity index (χ3v) is 3.77. The number of diazo groups is 2. The second-order valence-electron chi connectivity index (χ2n) is 4.23. The number of benzene rings is 2. The summed E-state index contributed by atoms with van der Waals surface area (Å²) < 4.78 is 0. The summed E-state index contributed by atoms with van der Waals surface area (Å²) in [7, 11) is 0. The second kappa shape index (κ2) is 4.28. The van der Waals surface area contributed by atoms with Crippen molar-refractivity contribution >= 4 is 40.4 Å². The van der Waals surface area contributed by atoms with E-state index < -0.39 is 0 Å². The van der Waals surface area contributed by atoms with E-state index in [1.165, 1.54) is 12.1 Å². The molecule has 1 aliphatic carbocycles. The molecule has 0 aromatic heterocycles. The van der Waals surface area contributed by atoms with Gasteiger partial charge in [0.1, 0.15) is 10.0 Å². The normalized spacial score (nSPS) is 11.5. The van der Waals surface area contributed by atoms with Gasteiger partial charge in [0, 0.05) is 23.3 Å². The summed E-state index contributed by atoms with van der Waals surface area (Å²) in [5.41, 5.74) is 2.17. The maximum Gasteiger partial charge on any atom is 0.404 e. The number of hydrogen-bond acceptors (Lipinski definition) is 3. The van der Waals surface area contributed by atoms with Crippen molar-refractivity contribution in [3.63, 3.8) is 0 Å². The molecule has 0 atom stereocenters. The van der Waals surface area contributed by atoms with E-state index in [1.807, 2.05) is 0 Å². The van der Waals surface area contributed by atoms with E-state index in [2.05, 4.69) is 9.95 Å². The standard InChI is InChI=1S/C13H4Cl2N4O/c14-9-1-5-6-2-10(15)12(19-17)4-8(6)13(20)7(5)3-11(9)18-16/h1-4H/q+2. The van der Waals surface area contributed by atoms with Crippen LogP contribution in [-0.4, -0.2) is 5.78 Å². The van der Waals surface area contributed by atoms with Crippen LogP contribution in [0.25, 0.3) is 21.1 Å². The lowest BCUT2D eigenvalue weighted by Gasteiger charge is -1.98. The molecule has 0 spiro atoms. The average molecular weight is 303 g/mol. The zero-order valence-electron chi connectivity index (χ0n) is 9.76. The number of ketones is 1. The quantitative estimate of drug-likeness (QED) is 0.537. The van der Waals surface area contributed by atoms with Crippen molar-refractivity contribution in [3.05, 3.63) is 55.4 Å². The van der Waals surface area contributed by atoms with Crippen LogP contribution in [0.5, 0.6) is 0 Å². The number of nitrogens with zero attached hydrogens (tertiary/aromatic N) is 4. The van der Waals surface area contributed by atoms with Gasteiger partial charge in [-0.1, -0.05) is 23.2 Å². The molecule has 0 fully saturated rings. The second-order valence-corrected chi connectivity index (χ2v) is 5.04. The first-order chi connectivity index (χ1) is 9.56. The van der Waals surface area contributed by atoms with Gasteiger partial charge >= 0.3 is 11.4 Å². The first-order valence-corrected chi connectivity index (χ1v) is 6.24. The van der Waals surface area contributed by atoms with E-state index >= 15 is 0 Å². The Kier molecular flexibility index (Phi) is 2.69. The molecule has 0 N–H and O–H groups in total. The Hall–Kier alpha value is -2.47. The van der Waals surface area contributed by atoms with Crippen LogP contribution in [0.4, 0.5) is 11.4 Å². The fourth-order valence-electron chi connectivity index (χ4n) is 2.24. The molecule has 0 saturated carbocycles. The summed E-state index contributed by atoms with van der Waals surface area (Å²) in [6.07, 6.45) is 0. The SMILES string of the molecule is N#[N+]c1cc2c(cc1Cl)-c1cc(Cl)c([N+]#N)cc1C2=O. The van der Waals surface area contributed by atoms with Gasteiger partial charge in [-0.2, -0.15) is 0 Å². The number of halogens is 2. The van der Waals surface area contributed by atoms with Crippen molar-refractivity contribution < 1.29 is 4.79 Å². The lowest BCUT2D eigenvalue weighted by atomic mass is 10.1. The summed E-state index contributed by atoms with van der Waals surface area (Å²) in [5.74, 6) is -0.266. The predicted octanol–water partition coefficient (Wildman–Crippen LogP) is 5.17. The van der Waals surface area contributed by atoms with E-state index in [0.29, 0.717) is 22.3 Å². The largest absolute Gasteiger partial charge is 0.404 e. The monoisotopic (exact) mass is 302 g/mol. The maximum absolute atomic E-state index is 12.3. The molecule has 5 nitrogen and oxygen atoms in total. The average Bonchev–Trinajstić information content (AvgIpc) is 2.69. The van der Waals surface area contributed by atoms with Crippen LogP contribution in [0.15, 0.2) is 24.3 Å². The van der Waals surface area contributed by atoms with Crippen molar-refractivity contribution in [1.82, 2.24) is 0 Å². The summed E-state index contributed by atoms with van der Waals surface area (Å²) in [6, 6.07) is 5.90. The third kappa shape index (κ3) is 1.58. The molecule has 0 saturated heterocycles. The topological polar surface area (TPSA) is 73.4 Å². The van der Waals surface area contributed by atoms with Crippen LogP contribution >= 0.6 is 23.2 Å². The smallest absolute Gasteiger partial charge is 0.289 e. The third-order valence-electron chi connectivity index (χ3n) is 3.17. The Morgan fingerprint density at radius 1 is 0.750 bits per heavy atom. The highest BCUT2D eigenvalue weighted by Crippen LogP contribution is 2.44. The van der Waals surface area contributed by atoms with E-state index in [-0.39, 0.29) is 27.2 Å². The number of rotatable bonds is 0. The van der Waals surface area contributed by atoms with E-state index in [0.717, 1.165) is 0 Å². The van der Waals surface area contributed by atoms with Gasteiger partial charge in [-0.15, -0.1) is 0 Å². The molecular formula is C13H4Cl2N4O+2. The van der Waals surface area contributed by atoms with Gasteiger partial charge in [0.2, 0.25) is 10.8 Å². The number of hydrogen-bond donors (Lipinski definition) is 0. The molecule has 94 valence electrons. The minimum atomic E-state index is -0.266. The van der Waals surface area contributed by atoms with Gasteiger partial charge in [-0.25, -0.2) is 0 Å². The van der Waals surface area contributed by atoms with E-state index in [1.54, 1.807) is 12.1 Å². The van der Waals surface area contributed by atoms with Gasteiger partial charge in [0.25, 0.3) is 0 Å². The molecule has 0 radical (unpaired) electrons. The zero-order chi connectivity index (χ0) is 14.4. The molecule has 0 heterocycles. The van der Waals surface area contributed by atoms with Crippen LogP contribution < -0.4 is 0 Å². The highest BCUT2D eigenvalue weighted by atomic mass is 35.5. The van der Waals surface area contributed by atoms with E-state index in [4.69, 9.17) is 34.0 Å². The molecule has 0 unspecified atom stereocenters. The van der Waals surface area contributed by atoms with E-state index in [9.17, 15) is 4.79 Å². The molecule has 1 aliphatic rings.